The Hall–Kier alpha value is -1.52. The number of rotatable bonds is 7. The van der Waals surface area contributed by atoms with Crippen molar-refractivity contribution in [2.24, 2.45) is 12.2 Å². The third-order valence-corrected chi connectivity index (χ3v) is 4.28. The lowest BCUT2D eigenvalue weighted by Gasteiger charge is -2.14. The van der Waals surface area contributed by atoms with E-state index in [4.69, 9.17) is 10.2 Å². The first-order chi connectivity index (χ1) is 9.66. The Morgan fingerprint density at radius 3 is 2.57 bits per heavy atom. The molecule has 0 aliphatic heterocycles. The van der Waals surface area contributed by atoms with E-state index in [0.29, 0.717) is 5.75 Å². The molecule has 21 heavy (non-hydrogen) atoms. The van der Waals surface area contributed by atoms with Gasteiger partial charge in [-0.2, -0.15) is 11.8 Å². The van der Waals surface area contributed by atoms with Gasteiger partial charge in [-0.25, -0.2) is 18.4 Å². The van der Waals surface area contributed by atoms with E-state index in [-0.39, 0.29) is 17.0 Å². The second-order valence-corrected chi connectivity index (χ2v) is 6.91. The molecule has 10 heteroatoms. The number of carboxylic acids is 1. The lowest BCUT2D eigenvalue weighted by molar-refractivity contribution is -0.139. The first-order valence-electron chi connectivity index (χ1n) is 5.88. The Balaban J connectivity index is 2.93. The maximum atomic E-state index is 12.0. The van der Waals surface area contributed by atoms with Gasteiger partial charge in [-0.15, -0.1) is 0 Å². The minimum absolute atomic E-state index is 0.0226. The zero-order chi connectivity index (χ0) is 16.2. The molecule has 0 radical (unpaired) electrons. The van der Waals surface area contributed by atoms with Crippen molar-refractivity contribution in [3.05, 3.63) is 18.0 Å². The third-order valence-electron chi connectivity index (χ3n) is 2.76. The van der Waals surface area contributed by atoms with Gasteiger partial charge in [0.05, 0.1) is 0 Å². The zero-order valence-corrected chi connectivity index (χ0v) is 13.2. The SMILES string of the molecule is CSCC[C@H](NC(=O)c1cc(S(N)(=O)=O)cn1C)C(=O)O. The smallest absolute Gasteiger partial charge is 0.326 e. The number of aryl methyl sites for hydroxylation is 1. The highest BCUT2D eigenvalue weighted by molar-refractivity contribution is 7.98. The number of sulfonamides is 1. The molecule has 1 aromatic heterocycles. The molecule has 0 aromatic carbocycles. The second-order valence-electron chi connectivity index (χ2n) is 4.36. The molecule has 4 N–H and O–H groups in total. The number of thioether (sulfide) groups is 1. The Bertz CT molecular complexity index is 638. The predicted octanol–water partition coefficient (Wildman–Crippen LogP) is -0.391. The van der Waals surface area contributed by atoms with Crippen LogP contribution in [-0.2, 0) is 21.9 Å². The van der Waals surface area contributed by atoms with Crippen LogP contribution in [0.15, 0.2) is 17.2 Å². The summed E-state index contributed by atoms with van der Waals surface area (Å²) in [5, 5.41) is 16.4. The maximum absolute atomic E-state index is 12.0. The molecule has 0 saturated carbocycles. The minimum atomic E-state index is -3.92. The number of carbonyl (C=O) groups is 2. The molecule has 0 aliphatic rings. The molecule has 0 fully saturated rings. The van der Waals surface area contributed by atoms with E-state index in [1.54, 1.807) is 0 Å². The first-order valence-corrected chi connectivity index (χ1v) is 8.82. The van der Waals surface area contributed by atoms with Crippen LogP contribution < -0.4 is 10.5 Å². The van der Waals surface area contributed by atoms with Crippen molar-refractivity contribution in [1.82, 2.24) is 9.88 Å². The van der Waals surface area contributed by atoms with Crippen LogP contribution in [-0.4, -0.2) is 48.0 Å². The Labute approximate surface area is 126 Å². The quantitative estimate of drug-likeness (QED) is 0.622. The van der Waals surface area contributed by atoms with E-state index >= 15 is 0 Å². The average Bonchev–Trinajstić information content (AvgIpc) is 2.76. The topological polar surface area (TPSA) is 131 Å². The summed E-state index contributed by atoms with van der Waals surface area (Å²) in [6.07, 6.45) is 3.30. The lowest BCUT2D eigenvalue weighted by Crippen LogP contribution is -2.41. The molecule has 0 unspecified atom stereocenters. The van der Waals surface area contributed by atoms with Gasteiger partial charge in [0, 0.05) is 13.2 Å². The van der Waals surface area contributed by atoms with Crippen LogP contribution in [0.25, 0.3) is 0 Å². The van der Waals surface area contributed by atoms with Crippen molar-refractivity contribution in [3.63, 3.8) is 0 Å². The van der Waals surface area contributed by atoms with E-state index in [2.05, 4.69) is 5.32 Å². The number of primary sulfonamides is 1. The third kappa shape index (κ3) is 4.76. The summed E-state index contributed by atoms with van der Waals surface area (Å²) in [6, 6.07) is 0.0794. The number of carbonyl (C=O) groups excluding carboxylic acids is 1. The molecule has 0 saturated heterocycles. The van der Waals surface area contributed by atoms with Crippen LogP contribution >= 0.6 is 11.8 Å². The monoisotopic (exact) mass is 335 g/mol. The largest absolute Gasteiger partial charge is 0.480 e. The van der Waals surface area contributed by atoms with Crippen molar-refractivity contribution in [2.75, 3.05) is 12.0 Å². The Morgan fingerprint density at radius 2 is 2.14 bits per heavy atom. The fourth-order valence-corrected chi connectivity index (χ4v) is 2.69. The van der Waals surface area contributed by atoms with Gasteiger partial charge in [-0.1, -0.05) is 0 Å². The van der Waals surface area contributed by atoms with Crippen molar-refractivity contribution in [3.8, 4) is 0 Å². The number of hydrogen-bond acceptors (Lipinski definition) is 5. The van der Waals surface area contributed by atoms with Crippen molar-refractivity contribution in [1.29, 1.82) is 0 Å². The summed E-state index contributed by atoms with van der Waals surface area (Å²) in [4.78, 5) is 22.9. The molecule has 1 rings (SSSR count). The Morgan fingerprint density at radius 1 is 1.52 bits per heavy atom. The average molecular weight is 335 g/mol. The number of nitrogens with two attached hydrogens (primary N) is 1. The van der Waals surface area contributed by atoms with Crippen LogP contribution in [0.1, 0.15) is 16.9 Å². The van der Waals surface area contributed by atoms with Crippen molar-refractivity contribution in [2.45, 2.75) is 17.4 Å². The van der Waals surface area contributed by atoms with Gasteiger partial charge in [0.15, 0.2) is 0 Å². The molecule has 8 nitrogen and oxygen atoms in total. The van der Waals surface area contributed by atoms with Gasteiger partial charge >= 0.3 is 5.97 Å². The highest BCUT2D eigenvalue weighted by atomic mass is 32.2. The summed E-state index contributed by atoms with van der Waals surface area (Å²) in [7, 11) is -2.44. The number of nitrogens with zero attached hydrogens (tertiary/aromatic N) is 1. The second kappa shape index (κ2) is 6.96. The number of aliphatic carboxylic acids is 1. The molecule has 0 aliphatic carbocycles. The lowest BCUT2D eigenvalue weighted by atomic mass is 10.2. The minimum Gasteiger partial charge on any atom is -0.480 e. The van der Waals surface area contributed by atoms with E-state index < -0.39 is 27.9 Å². The van der Waals surface area contributed by atoms with Gasteiger partial charge < -0.3 is 15.0 Å². The number of aromatic nitrogens is 1. The summed E-state index contributed by atoms with van der Waals surface area (Å²) in [5.41, 5.74) is 0.0226. The molecule has 0 bridgehead atoms. The molecule has 1 aromatic rings. The van der Waals surface area contributed by atoms with E-state index in [1.807, 2.05) is 6.26 Å². The molecule has 1 heterocycles. The molecular weight excluding hydrogens is 318 g/mol. The summed E-state index contributed by atoms with van der Waals surface area (Å²) in [5.74, 6) is -1.23. The standard InChI is InChI=1S/C11H17N3O5S2/c1-14-6-7(21(12,18)19)5-9(14)10(15)13-8(11(16)17)3-4-20-2/h5-6,8H,3-4H2,1-2H3,(H,13,15)(H,16,17)(H2,12,18,19)/t8-/m0/s1. The Kier molecular flexibility index (Phi) is 5.81. The van der Waals surface area contributed by atoms with E-state index in [9.17, 15) is 18.0 Å². The maximum Gasteiger partial charge on any atom is 0.326 e. The van der Waals surface area contributed by atoms with Crippen LogP contribution in [0.2, 0.25) is 0 Å². The number of carboxylic acid groups (broad SMARTS) is 1. The molecule has 118 valence electrons. The summed E-state index contributed by atoms with van der Waals surface area (Å²) < 4.78 is 23.7. The highest BCUT2D eigenvalue weighted by Gasteiger charge is 2.23. The molecule has 1 atom stereocenters. The molecule has 0 spiro atoms. The highest BCUT2D eigenvalue weighted by Crippen LogP contribution is 2.12. The van der Waals surface area contributed by atoms with Gasteiger partial charge in [-0.3, -0.25) is 4.79 Å². The normalized spacial score (nSPS) is 12.9. The number of amides is 1. The predicted molar refractivity (Wildman–Crippen MR) is 78.7 cm³/mol. The summed E-state index contributed by atoms with van der Waals surface area (Å²) in [6.45, 7) is 0. The van der Waals surface area contributed by atoms with Gasteiger partial charge in [0.1, 0.15) is 16.6 Å². The number of nitrogens with one attached hydrogen (secondary N) is 1. The fourth-order valence-electron chi connectivity index (χ4n) is 1.64. The summed E-state index contributed by atoms with van der Waals surface area (Å²) >= 11 is 1.47. The van der Waals surface area contributed by atoms with Gasteiger partial charge in [-0.05, 0) is 24.5 Å². The van der Waals surface area contributed by atoms with Gasteiger partial charge in [0.25, 0.3) is 5.91 Å². The zero-order valence-electron chi connectivity index (χ0n) is 11.6. The van der Waals surface area contributed by atoms with E-state index in [0.717, 1.165) is 6.07 Å². The van der Waals surface area contributed by atoms with Crippen LogP contribution in [0.4, 0.5) is 0 Å². The van der Waals surface area contributed by atoms with Crippen LogP contribution in [0.3, 0.4) is 0 Å². The first kappa shape index (κ1) is 17.5. The van der Waals surface area contributed by atoms with Crippen LogP contribution in [0.5, 0.6) is 0 Å². The van der Waals surface area contributed by atoms with Crippen LogP contribution in [0, 0.1) is 0 Å². The molecular formula is C11H17N3O5S2. The van der Waals surface area contributed by atoms with Crippen molar-refractivity contribution < 1.29 is 23.1 Å². The van der Waals surface area contributed by atoms with Crippen molar-refractivity contribution >= 4 is 33.7 Å². The number of hydrogen-bond donors (Lipinski definition) is 3. The fraction of sp³-hybridized carbons (Fsp3) is 0.455. The van der Waals surface area contributed by atoms with Gasteiger partial charge in [0.2, 0.25) is 10.0 Å². The molecule has 1 amide bonds. The van der Waals surface area contributed by atoms with E-state index in [1.165, 1.54) is 29.6 Å².